The minimum absolute atomic E-state index is 0.209. The molecule has 1 heterocycles. The Hall–Kier alpha value is -1.76. The molecule has 1 aliphatic rings. The molecule has 0 unspecified atom stereocenters. The van der Waals surface area contributed by atoms with Crippen LogP contribution in [0.25, 0.3) is 0 Å². The quantitative estimate of drug-likeness (QED) is 0.634. The van der Waals surface area contributed by atoms with E-state index in [0.717, 1.165) is 13.1 Å². The Labute approximate surface area is 130 Å². The molecule has 0 N–H and O–H groups in total. The molecule has 0 spiro atoms. The monoisotopic (exact) mass is 306 g/mol. The van der Waals surface area contributed by atoms with Crippen LogP contribution >= 0.6 is 0 Å². The lowest BCUT2D eigenvalue weighted by molar-refractivity contribution is 0.0614. The highest BCUT2D eigenvalue weighted by Crippen LogP contribution is 2.21. The standard InChI is InChI=1S/C16H22N2O4/c1-21-11-9-17(10-12-22-2)7-8-18-15(19)13-5-3-4-6-14(13)16(18)20/h3-6H,7-12H2,1-2H3. The van der Waals surface area contributed by atoms with E-state index in [2.05, 4.69) is 4.90 Å². The summed E-state index contributed by atoms with van der Waals surface area (Å²) in [7, 11) is 3.30. The van der Waals surface area contributed by atoms with E-state index in [1.807, 2.05) is 0 Å². The summed E-state index contributed by atoms with van der Waals surface area (Å²) < 4.78 is 10.2. The number of amides is 2. The fourth-order valence-corrected chi connectivity index (χ4v) is 2.46. The van der Waals surface area contributed by atoms with Gasteiger partial charge in [0, 0.05) is 40.4 Å². The Morgan fingerprint density at radius 3 is 1.86 bits per heavy atom. The average molecular weight is 306 g/mol. The van der Waals surface area contributed by atoms with E-state index in [0.29, 0.717) is 37.4 Å². The highest BCUT2D eigenvalue weighted by atomic mass is 16.5. The van der Waals surface area contributed by atoms with Crippen molar-refractivity contribution >= 4 is 11.8 Å². The second-order valence-electron chi connectivity index (χ2n) is 5.13. The maximum absolute atomic E-state index is 12.3. The molecule has 2 rings (SSSR count). The first-order valence-corrected chi connectivity index (χ1v) is 7.34. The van der Waals surface area contributed by atoms with Crippen LogP contribution in [0.2, 0.25) is 0 Å². The van der Waals surface area contributed by atoms with Gasteiger partial charge in [-0.15, -0.1) is 0 Å². The predicted octanol–water partition coefficient (Wildman–Crippen LogP) is 0.877. The van der Waals surface area contributed by atoms with Crippen LogP contribution in [0.1, 0.15) is 20.7 Å². The van der Waals surface area contributed by atoms with Crippen molar-refractivity contribution in [3.8, 4) is 0 Å². The summed E-state index contributed by atoms with van der Waals surface area (Å²) >= 11 is 0. The molecule has 0 atom stereocenters. The van der Waals surface area contributed by atoms with Crippen molar-refractivity contribution in [1.29, 1.82) is 0 Å². The minimum Gasteiger partial charge on any atom is -0.383 e. The summed E-state index contributed by atoms with van der Waals surface area (Å²) in [6, 6.07) is 6.94. The molecule has 0 radical (unpaired) electrons. The van der Waals surface area contributed by atoms with Crippen LogP contribution in [0.15, 0.2) is 24.3 Å². The number of carbonyl (C=O) groups excluding carboxylic acids is 2. The van der Waals surface area contributed by atoms with E-state index in [1.165, 1.54) is 4.90 Å². The summed E-state index contributed by atoms with van der Waals surface area (Å²) in [5.41, 5.74) is 0.987. The van der Waals surface area contributed by atoms with Gasteiger partial charge in [0.15, 0.2) is 0 Å². The normalized spacial score (nSPS) is 14.0. The molecular weight excluding hydrogens is 284 g/mol. The first-order valence-electron chi connectivity index (χ1n) is 7.34. The van der Waals surface area contributed by atoms with Crippen LogP contribution in [-0.2, 0) is 9.47 Å². The van der Waals surface area contributed by atoms with E-state index in [1.54, 1.807) is 38.5 Å². The molecule has 0 aromatic heterocycles. The maximum Gasteiger partial charge on any atom is 0.261 e. The number of ether oxygens (including phenoxy) is 2. The summed E-state index contributed by atoms with van der Waals surface area (Å²) in [6.07, 6.45) is 0. The van der Waals surface area contributed by atoms with E-state index in [4.69, 9.17) is 9.47 Å². The van der Waals surface area contributed by atoms with Crippen LogP contribution in [0.3, 0.4) is 0 Å². The summed E-state index contributed by atoms with van der Waals surface area (Å²) in [4.78, 5) is 28.0. The molecule has 120 valence electrons. The van der Waals surface area contributed by atoms with Crippen molar-refractivity contribution in [3.63, 3.8) is 0 Å². The van der Waals surface area contributed by atoms with Crippen molar-refractivity contribution in [1.82, 2.24) is 9.80 Å². The number of fused-ring (bicyclic) bond motifs is 1. The number of hydrogen-bond donors (Lipinski definition) is 0. The number of rotatable bonds is 9. The third-order valence-electron chi connectivity index (χ3n) is 3.74. The lowest BCUT2D eigenvalue weighted by Crippen LogP contribution is -2.40. The Bertz CT molecular complexity index is 490. The van der Waals surface area contributed by atoms with Gasteiger partial charge in [-0.1, -0.05) is 12.1 Å². The lowest BCUT2D eigenvalue weighted by atomic mass is 10.1. The Morgan fingerprint density at radius 2 is 1.41 bits per heavy atom. The molecule has 0 saturated carbocycles. The fraction of sp³-hybridized carbons (Fsp3) is 0.500. The topological polar surface area (TPSA) is 59.1 Å². The average Bonchev–Trinajstić information content (AvgIpc) is 2.79. The molecule has 6 heteroatoms. The molecule has 22 heavy (non-hydrogen) atoms. The van der Waals surface area contributed by atoms with Gasteiger partial charge in [-0.05, 0) is 12.1 Å². The summed E-state index contributed by atoms with van der Waals surface area (Å²) in [5, 5.41) is 0. The molecule has 1 aromatic rings. The zero-order valence-electron chi connectivity index (χ0n) is 13.1. The van der Waals surface area contributed by atoms with Gasteiger partial charge in [0.05, 0.1) is 24.3 Å². The van der Waals surface area contributed by atoms with Gasteiger partial charge in [-0.25, -0.2) is 0 Å². The van der Waals surface area contributed by atoms with Gasteiger partial charge in [0.1, 0.15) is 0 Å². The molecule has 1 aromatic carbocycles. The Balaban J connectivity index is 1.95. The number of nitrogens with zero attached hydrogens (tertiary/aromatic N) is 2. The third kappa shape index (κ3) is 3.71. The highest BCUT2D eigenvalue weighted by Gasteiger charge is 2.34. The van der Waals surface area contributed by atoms with Crippen LogP contribution in [0.4, 0.5) is 0 Å². The van der Waals surface area contributed by atoms with Gasteiger partial charge in [0.25, 0.3) is 11.8 Å². The minimum atomic E-state index is -0.209. The lowest BCUT2D eigenvalue weighted by Gasteiger charge is -2.24. The van der Waals surface area contributed by atoms with Crippen molar-refractivity contribution in [2.75, 3.05) is 53.6 Å². The van der Waals surface area contributed by atoms with Crippen molar-refractivity contribution in [3.05, 3.63) is 35.4 Å². The number of carbonyl (C=O) groups is 2. The molecular formula is C16H22N2O4. The number of imide groups is 1. The molecule has 0 fully saturated rings. The van der Waals surface area contributed by atoms with Crippen molar-refractivity contribution in [2.24, 2.45) is 0 Å². The molecule has 1 aliphatic heterocycles. The Kier molecular flexibility index (Phi) is 6.06. The van der Waals surface area contributed by atoms with Crippen molar-refractivity contribution < 1.29 is 19.1 Å². The SMILES string of the molecule is COCCN(CCOC)CCN1C(=O)c2ccccc2C1=O. The molecule has 0 bridgehead atoms. The fourth-order valence-electron chi connectivity index (χ4n) is 2.46. The largest absolute Gasteiger partial charge is 0.383 e. The van der Waals surface area contributed by atoms with Gasteiger partial charge in [-0.3, -0.25) is 19.4 Å². The molecule has 6 nitrogen and oxygen atoms in total. The van der Waals surface area contributed by atoms with Gasteiger partial charge in [-0.2, -0.15) is 0 Å². The van der Waals surface area contributed by atoms with Crippen LogP contribution in [0.5, 0.6) is 0 Å². The number of methoxy groups -OCH3 is 2. The zero-order chi connectivity index (χ0) is 15.9. The van der Waals surface area contributed by atoms with E-state index in [-0.39, 0.29) is 11.8 Å². The smallest absolute Gasteiger partial charge is 0.261 e. The van der Waals surface area contributed by atoms with Crippen molar-refractivity contribution in [2.45, 2.75) is 0 Å². The first kappa shape index (κ1) is 16.6. The molecule has 0 saturated heterocycles. The summed E-state index contributed by atoms with van der Waals surface area (Å²) in [5.74, 6) is -0.418. The molecule has 0 aliphatic carbocycles. The van der Waals surface area contributed by atoms with Gasteiger partial charge < -0.3 is 9.47 Å². The summed E-state index contributed by atoms with van der Waals surface area (Å²) in [6.45, 7) is 3.67. The number of hydrogen-bond acceptors (Lipinski definition) is 5. The van der Waals surface area contributed by atoms with Crippen LogP contribution in [-0.4, -0.2) is 75.2 Å². The first-order chi connectivity index (χ1) is 10.7. The van der Waals surface area contributed by atoms with Gasteiger partial charge in [0.2, 0.25) is 0 Å². The second-order valence-corrected chi connectivity index (χ2v) is 5.13. The van der Waals surface area contributed by atoms with Crippen LogP contribution < -0.4 is 0 Å². The van der Waals surface area contributed by atoms with E-state index >= 15 is 0 Å². The second kappa shape index (κ2) is 8.03. The van der Waals surface area contributed by atoms with E-state index in [9.17, 15) is 9.59 Å². The van der Waals surface area contributed by atoms with Crippen LogP contribution in [0, 0.1) is 0 Å². The van der Waals surface area contributed by atoms with Gasteiger partial charge >= 0.3 is 0 Å². The van der Waals surface area contributed by atoms with E-state index < -0.39 is 0 Å². The zero-order valence-corrected chi connectivity index (χ0v) is 13.1. The highest BCUT2D eigenvalue weighted by molar-refractivity contribution is 6.21. The molecule has 2 amide bonds. The number of benzene rings is 1. The Morgan fingerprint density at radius 1 is 0.909 bits per heavy atom. The predicted molar refractivity (Wildman–Crippen MR) is 82.0 cm³/mol. The maximum atomic E-state index is 12.3. The third-order valence-corrected chi connectivity index (χ3v) is 3.74.